The topological polar surface area (TPSA) is 111 Å². The largest absolute Gasteiger partial charge is 0.756 e. The molecule has 0 bridgehead atoms. The second kappa shape index (κ2) is 57.4. The number of likely N-dealkylation sites (N-methyl/N-ethyl adjacent to an activating group) is 1. The predicted molar refractivity (Wildman–Crippen MR) is 328 cm³/mol. The highest BCUT2D eigenvalue weighted by Gasteiger charge is 2.22. The minimum atomic E-state index is -4.64. The number of unbranched alkanes of at least 4 members (excludes halogenated alkanes) is 24. The Balaban J connectivity index is 4.00. The Morgan fingerprint density at radius 1 is 0.416 bits per heavy atom. The van der Waals surface area contributed by atoms with Crippen molar-refractivity contribution < 1.29 is 42.1 Å². The molecule has 0 aromatic rings. The zero-order chi connectivity index (χ0) is 56.3. The van der Waals surface area contributed by atoms with E-state index in [2.05, 4.69) is 123 Å². The predicted octanol–water partition coefficient (Wildman–Crippen LogP) is 19.1. The number of rotatable bonds is 56. The monoisotopic (exact) mass is 1090 g/mol. The molecule has 10 heteroatoms. The number of allylic oxidation sites excluding steroid dienone is 18. The first kappa shape index (κ1) is 73.7. The lowest BCUT2D eigenvalue weighted by atomic mass is 10.0. The van der Waals surface area contributed by atoms with Crippen molar-refractivity contribution in [3.63, 3.8) is 0 Å². The van der Waals surface area contributed by atoms with Crippen LogP contribution in [0, 0.1) is 0 Å². The standard InChI is InChI=1S/C67H116NO8P/c1-6-8-10-12-14-16-18-20-21-22-23-24-25-26-27-28-29-30-31-32-33-34-35-36-37-38-39-40-41-42-43-44-45-46-47-48-50-52-54-56-58-60-67(70)76-65(64-75-77(71,72)74-62-61-68(3,4)5)63-73-66(69)59-57-55-53-51-49-19-17-15-13-11-9-7-2/h8,10,14,16,20-21,23-24,26-27,29-30,32-33,35-36,38-39,65H,6-7,9,11-13,15,17-19,22,25,28,31,34,37,40-64H2,1-5H3/b10-8-,16-14-,21-20-,24-23-,27-26-,30-29-,33-32-,36-35-,39-38-. The van der Waals surface area contributed by atoms with Crippen LogP contribution in [-0.4, -0.2) is 70.0 Å². The third kappa shape index (κ3) is 61.7. The molecule has 0 aliphatic carbocycles. The molecule has 0 rings (SSSR count). The average molecular weight is 1090 g/mol. The Morgan fingerprint density at radius 3 is 1.10 bits per heavy atom. The number of quaternary nitrogens is 1. The van der Waals surface area contributed by atoms with Crippen LogP contribution in [0.1, 0.15) is 251 Å². The van der Waals surface area contributed by atoms with Crippen LogP contribution in [0.2, 0.25) is 0 Å². The molecule has 442 valence electrons. The molecule has 0 spiro atoms. The molecule has 0 saturated carbocycles. The highest BCUT2D eigenvalue weighted by atomic mass is 31.2. The molecular formula is C67H116NO8P. The Kier molecular flexibility index (Phi) is 54.9. The van der Waals surface area contributed by atoms with Crippen molar-refractivity contribution >= 4 is 19.8 Å². The number of nitrogens with zero attached hydrogens (tertiary/aromatic N) is 1. The van der Waals surface area contributed by atoms with Gasteiger partial charge in [0.2, 0.25) is 0 Å². The lowest BCUT2D eigenvalue weighted by Crippen LogP contribution is -2.37. The molecule has 0 radical (unpaired) electrons. The molecule has 77 heavy (non-hydrogen) atoms. The molecule has 0 aliphatic heterocycles. The normalized spacial score (nSPS) is 14.0. The molecule has 0 heterocycles. The molecule has 0 amide bonds. The number of hydrogen-bond donors (Lipinski definition) is 0. The fraction of sp³-hybridized carbons (Fsp3) is 0.701. The minimum Gasteiger partial charge on any atom is -0.756 e. The molecule has 0 N–H and O–H groups in total. The third-order valence-electron chi connectivity index (χ3n) is 13.1. The maximum Gasteiger partial charge on any atom is 0.306 e. The van der Waals surface area contributed by atoms with Gasteiger partial charge in [0, 0.05) is 12.8 Å². The fourth-order valence-corrected chi connectivity index (χ4v) is 9.02. The highest BCUT2D eigenvalue weighted by molar-refractivity contribution is 7.45. The van der Waals surface area contributed by atoms with E-state index in [9.17, 15) is 19.0 Å². The van der Waals surface area contributed by atoms with Gasteiger partial charge < -0.3 is 27.9 Å². The van der Waals surface area contributed by atoms with Crippen LogP contribution in [0.25, 0.3) is 0 Å². The summed E-state index contributed by atoms with van der Waals surface area (Å²) in [5, 5.41) is 0. The third-order valence-corrected chi connectivity index (χ3v) is 14.0. The first-order chi connectivity index (χ1) is 37.5. The summed E-state index contributed by atoms with van der Waals surface area (Å²) in [5.74, 6) is -0.833. The van der Waals surface area contributed by atoms with Gasteiger partial charge in [-0.15, -0.1) is 0 Å². The molecule has 0 saturated heterocycles. The van der Waals surface area contributed by atoms with Crippen molar-refractivity contribution in [2.75, 3.05) is 47.5 Å². The summed E-state index contributed by atoms with van der Waals surface area (Å²) in [6.45, 7) is 4.12. The number of phosphoric acid groups is 1. The van der Waals surface area contributed by atoms with Gasteiger partial charge in [0.1, 0.15) is 19.8 Å². The molecule has 0 fully saturated rings. The van der Waals surface area contributed by atoms with Gasteiger partial charge in [-0.3, -0.25) is 14.2 Å². The number of hydrogen-bond acceptors (Lipinski definition) is 8. The first-order valence-corrected chi connectivity index (χ1v) is 32.6. The molecule has 2 atom stereocenters. The van der Waals surface area contributed by atoms with Crippen molar-refractivity contribution in [3.05, 3.63) is 109 Å². The fourth-order valence-electron chi connectivity index (χ4n) is 8.30. The van der Waals surface area contributed by atoms with Crippen molar-refractivity contribution in [2.45, 2.75) is 258 Å². The van der Waals surface area contributed by atoms with Crippen LogP contribution < -0.4 is 4.89 Å². The number of phosphoric ester groups is 1. The van der Waals surface area contributed by atoms with Gasteiger partial charge in [-0.05, 0) is 83.5 Å². The zero-order valence-electron chi connectivity index (χ0n) is 50.1. The van der Waals surface area contributed by atoms with E-state index in [1.165, 1.54) is 122 Å². The second-order valence-electron chi connectivity index (χ2n) is 21.7. The van der Waals surface area contributed by atoms with Crippen LogP contribution in [-0.2, 0) is 32.7 Å². The summed E-state index contributed by atoms with van der Waals surface area (Å²) < 4.78 is 34.1. The lowest BCUT2D eigenvalue weighted by Gasteiger charge is -2.28. The highest BCUT2D eigenvalue weighted by Crippen LogP contribution is 2.38. The Hall–Kier alpha value is -3.33. The van der Waals surface area contributed by atoms with Gasteiger partial charge in [-0.2, -0.15) is 0 Å². The van der Waals surface area contributed by atoms with Gasteiger partial charge in [-0.25, -0.2) is 0 Å². The molecular weight excluding hydrogens is 978 g/mol. The van der Waals surface area contributed by atoms with E-state index < -0.39 is 26.5 Å². The smallest absolute Gasteiger partial charge is 0.306 e. The first-order valence-electron chi connectivity index (χ1n) is 31.1. The average Bonchev–Trinajstić information content (AvgIpc) is 3.39. The Morgan fingerprint density at radius 2 is 0.740 bits per heavy atom. The maximum absolute atomic E-state index is 12.8. The van der Waals surface area contributed by atoms with Gasteiger partial charge in [0.25, 0.3) is 7.82 Å². The lowest BCUT2D eigenvalue weighted by molar-refractivity contribution is -0.870. The van der Waals surface area contributed by atoms with Crippen molar-refractivity contribution in [1.82, 2.24) is 0 Å². The van der Waals surface area contributed by atoms with E-state index in [1.807, 2.05) is 21.1 Å². The summed E-state index contributed by atoms with van der Waals surface area (Å²) in [5.41, 5.74) is 0. The van der Waals surface area contributed by atoms with Gasteiger partial charge >= 0.3 is 11.9 Å². The number of esters is 2. The summed E-state index contributed by atoms with van der Waals surface area (Å²) in [6, 6.07) is 0. The van der Waals surface area contributed by atoms with Crippen molar-refractivity contribution in [1.29, 1.82) is 0 Å². The van der Waals surface area contributed by atoms with Gasteiger partial charge in [0.15, 0.2) is 6.10 Å². The Bertz CT molecular complexity index is 1670. The molecule has 0 aromatic heterocycles. The molecule has 0 aromatic carbocycles. The summed E-state index contributed by atoms with van der Waals surface area (Å²) in [7, 11) is 1.16. The van der Waals surface area contributed by atoms with Crippen LogP contribution in [0.4, 0.5) is 0 Å². The second-order valence-corrected chi connectivity index (χ2v) is 23.1. The molecule has 0 aliphatic rings. The van der Waals surface area contributed by atoms with Crippen LogP contribution in [0.3, 0.4) is 0 Å². The zero-order valence-corrected chi connectivity index (χ0v) is 51.0. The quantitative estimate of drug-likeness (QED) is 0.0195. The van der Waals surface area contributed by atoms with Gasteiger partial charge in [0.05, 0.1) is 27.7 Å². The van der Waals surface area contributed by atoms with E-state index in [4.69, 9.17) is 18.5 Å². The van der Waals surface area contributed by atoms with Crippen LogP contribution >= 0.6 is 7.82 Å². The van der Waals surface area contributed by atoms with Crippen molar-refractivity contribution in [3.8, 4) is 0 Å². The van der Waals surface area contributed by atoms with Crippen LogP contribution in [0.5, 0.6) is 0 Å². The van der Waals surface area contributed by atoms with E-state index in [0.717, 1.165) is 96.3 Å². The summed E-state index contributed by atoms with van der Waals surface area (Å²) >= 11 is 0. The summed E-state index contributed by atoms with van der Waals surface area (Å²) in [4.78, 5) is 37.8. The van der Waals surface area contributed by atoms with E-state index in [0.29, 0.717) is 17.4 Å². The van der Waals surface area contributed by atoms with Crippen LogP contribution in [0.15, 0.2) is 109 Å². The maximum atomic E-state index is 12.8. The SMILES string of the molecule is CC/C=C\C/C=C\C/C=C\C/C=C\C/C=C\C/C=C\C/C=C\C/C=C\C/C=C\CCCCCCCCCCCCCCCC(=O)OC(COC(=O)CCCCCCCCCCCCCC)COP(=O)([O-])OCC[N+](C)(C)C. The van der Waals surface area contributed by atoms with E-state index in [1.54, 1.807) is 0 Å². The van der Waals surface area contributed by atoms with Gasteiger partial charge in [-0.1, -0.05) is 264 Å². The number of carbonyl (C=O) groups excluding carboxylic acids is 2. The minimum absolute atomic E-state index is 0.0330. The molecule has 2 unspecified atom stereocenters. The number of ether oxygens (including phenoxy) is 2. The Labute approximate surface area is 474 Å². The van der Waals surface area contributed by atoms with Crippen molar-refractivity contribution in [2.24, 2.45) is 0 Å². The number of carbonyl (C=O) groups is 2. The summed E-state index contributed by atoms with van der Waals surface area (Å²) in [6.07, 6.45) is 80.1. The van der Waals surface area contributed by atoms with E-state index in [-0.39, 0.29) is 32.0 Å². The van der Waals surface area contributed by atoms with E-state index >= 15 is 0 Å². The molecule has 9 nitrogen and oxygen atoms in total.